The van der Waals surface area contributed by atoms with Crippen LogP contribution in [0.5, 0.6) is 0 Å². The molecule has 0 saturated heterocycles. The largest absolute Gasteiger partial charge is 0.490 e. The summed E-state index contributed by atoms with van der Waals surface area (Å²) < 4.78 is 44.7. The Morgan fingerprint density at radius 3 is 2.32 bits per heavy atom. The summed E-state index contributed by atoms with van der Waals surface area (Å²) in [6.45, 7) is 5.00. The van der Waals surface area contributed by atoms with Gasteiger partial charge in [-0.1, -0.05) is 19.1 Å². The Hall–Kier alpha value is -2.55. The van der Waals surface area contributed by atoms with Crippen molar-refractivity contribution in [3.63, 3.8) is 0 Å². The molecule has 2 aromatic rings. The molecule has 0 spiro atoms. The molecule has 1 N–H and O–H groups in total. The number of aryl methyl sites for hydroxylation is 1. The summed E-state index contributed by atoms with van der Waals surface area (Å²) >= 11 is 0. The Bertz CT molecular complexity index is 795. The molecule has 1 aliphatic rings. The molecule has 3 rings (SSSR count). The van der Waals surface area contributed by atoms with Gasteiger partial charge >= 0.3 is 12.1 Å². The topological polar surface area (TPSA) is 66.3 Å². The van der Waals surface area contributed by atoms with Gasteiger partial charge in [0.05, 0.1) is 0 Å². The standard InChI is InChI=1S/C17H20FN3.C2HF3O2/c1-2-16-15-7-9-21(10-8-17(15)20-12-19-16)11-13-3-5-14(18)6-4-13;3-2(4,5)1(6)7/h3-6,12H,2,7-11H2,1H3;(H,6,7). The fourth-order valence-electron chi connectivity index (χ4n) is 2.95. The van der Waals surface area contributed by atoms with Gasteiger partial charge in [-0.2, -0.15) is 13.2 Å². The van der Waals surface area contributed by atoms with Crippen molar-refractivity contribution in [1.29, 1.82) is 0 Å². The fraction of sp³-hybridized carbons (Fsp3) is 0.421. The molecule has 0 amide bonds. The van der Waals surface area contributed by atoms with E-state index in [1.54, 1.807) is 6.33 Å². The summed E-state index contributed by atoms with van der Waals surface area (Å²) in [5.74, 6) is -2.93. The quantitative estimate of drug-likeness (QED) is 0.802. The first-order valence-corrected chi connectivity index (χ1v) is 8.79. The van der Waals surface area contributed by atoms with Crippen molar-refractivity contribution in [3.8, 4) is 0 Å². The molecular formula is C19H21F4N3O2. The van der Waals surface area contributed by atoms with Crippen molar-refractivity contribution in [2.45, 2.75) is 38.9 Å². The number of nitrogens with zero attached hydrogens (tertiary/aromatic N) is 3. The SMILES string of the molecule is CCc1ncnc2c1CCN(Cc1ccc(F)cc1)CC2.O=C(O)C(F)(F)F. The maximum atomic E-state index is 13.0. The number of benzene rings is 1. The second-order valence-corrected chi connectivity index (χ2v) is 6.30. The van der Waals surface area contributed by atoms with E-state index in [-0.39, 0.29) is 5.82 Å². The zero-order chi connectivity index (χ0) is 20.7. The van der Waals surface area contributed by atoms with Gasteiger partial charge in [0, 0.05) is 37.4 Å². The Labute approximate surface area is 160 Å². The van der Waals surface area contributed by atoms with Gasteiger partial charge in [-0.15, -0.1) is 0 Å². The Balaban J connectivity index is 0.000000345. The maximum absolute atomic E-state index is 13.0. The smallest absolute Gasteiger partial charge is 0.475 e. The number of halogens is 4. The second-order valence-electron chi connectivity index (χ2n) is 6.30. The highest BCUT2D eigenvalue weighted by Crippen LogP contribution is 2.18. The van der Waals surface area contributed by atoms with E-state index in [4.69, 9.17) is 9.90 Å². The van der Waals surface area contributed by atoms with Crippen LogP contribution in [-0.4, -0.2) is 45.2 Å². The molecule has 1 aliphatic heterocycles. The van der Waals surface area contributed by atoms with E-state index in [2.05, 4.69) is 21.8 Å². The molecule has 152 valence electrons. The number of aromatic nitrogens is 2. The highest BCUT2D eigenvalue weighted by atomic mass is 19.4. The third-order valence-electron chi connectivity index (χ3n) is 4.36. The van der Waals surface area contributed by atoms with Gasteiger partial charge in [0.2, 0.25) is 0 Å². The highest BCUT2D eigenvalue weighted by molar-refractivity contribution is 5.73. The number of hydrogen-bond acceptors (Lipinski definition) is 4. The molecule has 0 fully saturated rings. The lowest BCUT2D eigenvalue weighted by Gasteiger charge is -2.19. The monoisotopic (exact) mass is 399 g/mol. The molecule has 9 heteroatoms. The van der Waals surface area contributed by atoms with E-state index < -0.39 is 12.1 Å². The first-order valence-electron chi connectivity index (χ1n) is 8.79. The molecule has 28 heavy (non-hydrogen) atoms. The number of hydrogen-bond donors (Lipinski definition) is 1. The van der Waals surface area contributed by atoms with Crippen molar-refractivity contribution in [2.75, 3.05) is 13.1 Å². The van der Waals surface area contributed by atoms with Gasteiger partial charge < -0.3 is 5.11 Å². The summed E-state index contributed by atoms with van der Waals surface area (Å²) in [6.07, 6.45) is -0.470. The van der Waals surface area contributed by atoms with Gasteiger partial charge in [0.1, 0.15) is 12.1 Å². The van der Waals surface area contributed by atoms with Gasteiger partial charge in [-0.25, -0.2) is 19.2 Å². The first kappa shape index (κ1) is 21.7. The minimum Gasteiger partial charge on any atom is -0.475 e. The minimum absolute atomic E-state index is 0.176. The second kappa shape index (κ2) is 9.59. The average molecular weight is 399 g/mol. The Kier molecular flexibility index (Phi) is 7.45. The van der Waals surface area contributed by atoms with Crippen LogP contribution < -0.4 is 0 Å². The molecule has 0 radical (unpaired) electrons. The van der Waals surface area contributed by atoms with Crippen LogP contribution >= 0.6 is 0 Å². The van der Waals surface area contributed by atoms with Crippen LogP contribution in [0.1, 0.15) is 29.4 Å². The van der Waals surface area contributed by atoms with Crippen molar-refractivity contribution in [2.24, 2.45) is 0 Å². The number of aliphatic carboxylic acids is 1. The van der Waals surface area contributed by atoms with E-state index in [1.807, 2.05) is 12.1 Å². The summed E-state index contributed by atoms with van der Waals surface area (Å²) in [5.41, 5.74) is 4.87. The van der Waals surface area contributed by atoms with Crippen LogP contribution in [0.25, 0.3) is 0 Å². The van der Waals surface area contributed by atoms with Crippen LogP contribution in [0.2, 0.25) is 0 Å². The van der Waals surface area contributed by atoms with E-state index in [9.17, 15) is 17.6 Å². The van der Waals surface area contributed by atoms with E-state index in [0.29, 0.717) is 0 Å². The molecule has 0 unspecified atom stereocenters. The van der Waals surface area contributed by atoms with E-state index in [1.165, 1.54) is 29.1 Å². The van der Waals surface area contributed by atoms with Crippen LogP contribution in [0, 0.1) is 5.82 Å². The summed E-state index contributed by atoms with van der Waals surface area (Å²) in [7, 11) is 0. The summed E-state index contributed by atoms with van der Waals surface area (Å²) in [4.78, 5) is 20.2. The molecule has 0 aliphatic carbocycles. The lowest BCUT2D eigenvalue weighted by atomic mass is 10.1. The van der Waals surface area contributed by atoms with E-state index in [0.717, 1.165) is 44.5 Å². The van der Waals surface area contributed by atoms with E-state index >= 15 is 0 Å². The molecule has 0 saturated carbocycles. The highest BCUT2D eigenvalue weighted by Gasteiger charge is 2.38. The number of fused-ring (bicyclic) bond motifs is 1. The van der Waals surface area contributed by atoms with Gasteiger partial charge in [-0.05, 0) is 36.1 Å². The van der Waals surface area contributed by atoms with Gasteiger partial charge in [0.25, 0.3) is 0 Å². The molecule has 0 atom stereocenters. The Morgan fingerprint density at radius 1 is 1.14 bits per heavy atom. The number of carboxylic acids is 1. The van der Waals surface area contributed by atoms with Gasteiger partial charge in [0.15, 0.2) is 0 Å². The van der Waals surface area contributed by atoms with Crippen LogP contribution in [-0.2, 0) is 30.6 Å². The predicted octanol–water partition coefficient (Wildman–Crippen LogP) is 3.41. The molecule has 5 nitrogen and oxygen atoms in total. The Morgan fingerprint density at radius 2 is 1.75 bits per heavy atom. The lowest BCUT2D eigenvalue weighted by Crippen LogP contribution is -2.26. The number of carboxylic acid groups (broad SMARTS) is 1. The third-order valence-corrected chi connectivity index (χ3v) is 4.36. The average Bonchev–Trinajstić information content (AvgIpc) is 2.86. The molecule has 1 aromatic carbocycles. The zero-order valence-corrected chi connectivity index (χ0v) is 15.3. The number of alkyl halides is 3. The summed E-state index contributed by atoms with van der Waals surface area (Å²) in [5, 5.41) is 7.12. The van der Waals surface area contributed by atoms with Crippen molar-refractivity contribution in [3.05, 3.63) is 58.9 Å². The third kappa shape index (κ3) is 6.26. The maximum Gasteiger partial charge on any atom is 0.490 e. The normalized spacial score (nSPS) is 14.5. The van der Waals surface area contributed by atoms with Crippen molar-refractivity contribution < 1.29 is 27.5 Å². The minimum atomic E-state index is -5.08. The number of carbonyl (C=O) groups is 1. The first-order chi connectivity index (χ1) is 13.2. The molecule has 2 heterocycles. The van der Waals surface area contributed by atoms with Gasteiger partial charge in [-0.3, -0.25) is 4.90 Å². The lowest BCUT2D eigenvalue weighted by molar-refractivity contribution is -0.192. The predicted molar refractivity (Wildman–Crippen MR) is 94.2 cm³/mol. The number of rotatable bonds is 3. The van der Waals surface area contributed by atoms with Crippen LogP contribution in [0.3, 0.4) is 0 Å². The fourth-order valence-corrected chi connectivity index (χ4v) is 2.95. The molecule has 1 aromatic heterocycles. The zero-order valence-electron chi connectivity index (χ0n) is 15.3. The molecule has 0 bridgehead atoms. The molecular weight excluding hydrogens is 378 g/mol. The van der Waals surface area contributed by atoms with Crippen LogP contribution in [0.4, 0.5) is 17.6 Å². The van der Waals surface area contributed by atoms with Crippen molar-refractivity contribution in [1.82, 2.24) is 14.9 Å². The van der Waals surface area contributed by atoms with Crippen LogP contribution in [0.15, 0.2) is 30.6 Å². The van der Waals surface area contributed by atoms with Crippen molar-refractivity contribution >= 4 is 5.97 Å². The summed E-state index contributed by atoms with van der Waals surface area (Å²) in [6, 6.07) is 6.79.